The Morgan fingerprint density at radius 1 is 1.23 bits per heavy atom. The second kappa shape index (κ2) is 9.88. The first kappa shape index (κ1) is 22.6. The third-order valence-corrected chi connectivity index (χ3v) is 8.10. The fourth-order valence-electron chi connectivity index (χ4n) is 4.05. The van der Waals surface area contributed by atoms with Crippen LogP contribution in [0.4, 0.5) is 0 Å². The molecule has 0 aliphatic carbocycles. The lowest BCUT2D eigenvalue weighted by Gasteiger charge is -2.26. The molecule has 0 N–H and O–H groups in total. The van der Waals surface area contributed by atoms with Crippen molar-refractivity contribution in [2.24, 2.45) is 5.92 Å². The van der Waals surface area contributed by atoms with E-state index in [2.05, 4.69) is 39.8 Å². The monoisotopic (exact) mass is 456 g/mol. The van der Waals surface area contributed by atoms with E-state index in [1.54, 1.807) is 23.1 Å². The van der Waals surface area contributed by atoms with Crippen molar-refractivity contribution >= 4 is 33.3 Å². The molecule has 1 aromatic carbocycles. The van der Waals surface area contributed by atoms with Gasteiger partial charge in [0.1, 0.15) is 4.83 Å². The summed E-state index contributed by atoms with van der Waals surface area (Å²) >= 11 is 3.34. The summed E-state index contributed by atoms with van der Waals surface area (Å²) in [5, 5.41) is 1.60. The Morgan fingerprint density at radius 3 is 2.71 bits per heavy atom. The van der Waals surface area contributed by atoms with Crippen molar-refractivity contribution in [3.05, 3.63) is 50.6 Å². The maximum atomic E-state index is 13.9. The van der Waals surface area contributed by atoms with E-state index >= 15 is 0 Å². The SMILES string of the molecule is CCCCCCSc1nc2sc3c(c2c(=O)n1-c1ccc(C)cc1)CC(C(C)C)OC3. The van der Waals surface area contributed by atoms with Gasteiger partial charge in [-0.1, -0.05) is 69.5 Å². The molecule has 1 aliphatic rings. The first-order valence-corrected chi connectivity index (χ1v) is 13.2. The summed E-state index contributed by atoms with van der Waals surface area (Å²) in [4.78, 5) is 20.9. The Labute approximate surface area is 193 Å². The number of thiophene rings is 1. The first-order chi connectivity index (χ1) is 15.0. The van der Waals surface area contributed by atoms with Gasteiger partial charge in [0.15, 0.2) is 5.16 Å². The minimum absolute atomic E-state index is 0.0619. The molecule has 166 valence electrons. The van der Waals surface area contributed by atoms with E-state index in [9.17, 15) is 4.79 Å². The summed E-state index contributed by atoms with van der Waals surface area (Å²) in [5.74, 6) is 1.40. The molecule has 1 unspecified atom stereocenters. The van der Waals surface area contributed by atoms with Gasteiger partial charge < -0.3 is 4.74 Å². The summed E-state index contributed by atoms with van der Waals surface area (Å²) in [5.41, 5.74) is 3.30. The zero-order chi connectivity index (χ0) is 22.0. The maximum Gasteiger partial charge on any atom is 0.267 e. The van der Waals surface area contributed by atoms with E-state index < -0.39 is 0 Å². The zero-order valence-corrected chi connectivity index (χ0v) is 20.6. The molecular formula is C25H32N2O2S2. The molecule has 4 rings (SSSR count). The van der Waals surface area contributed by atoms with E-state index in [-0.39, 0.29) is 11.7 Å². The molecule has 1 aliphatic heterocycles. The summed E-state index contributed by atoms with van der Waals surface area (Å²) in [6.07, 6.45) is 5.80. The summed E-state index contributed by atoms with van der Waals surface area (Å²) in [6.45, 7) is 9.24. The van der Waals surface area contributed by atoms with E-state index in [1.807, 2.05) is 16.7 Å². The van der Waals surface area contributed by atoms with Crippen LogP contribution in [0.15, 0.2) is 34.2 Å². The molecule has 3 heterocycles. The average molecular weight is 457 g/mol. The van der Waals surface area contributed by atoms with Crippen LogP contribution < -0.4 is 5.56 Å². The molecule has 0 spiro atoms. The van der Waals surface area contributed by atoms with Crippen LogP contribution in [0.3, 0.4) is 0 Å². The average Bonchev–Trinajstić information content (AvgIpc) is 3.12. The molecule has 2 aromatic heterocycles. The Hall–Kier alpha value is -1.63. The molecule has 0 saturated heterocycles. The topological polar surface area (TPSA) is 44.1 Å². The van der Waals surface area contributed by atoms with Gasteiger partial charge in [0.05, 0.1) is 23.8 Å². The standard InChI is InChI=1S/C25H32N2O2S2/c1-5-6-7-8-13-30-25-26-23-22(19-14-20(16(2)3)29-15-21(19)31-23)24(28)27(25)18-11-9-17(4)10-12-18/h9-12,16,20H,5-8,13-15H2,1-4H3. The van der Waals surface area contributed by atoms with Gasteiger partial charge in [0.25, 0.3) is 5.56 Å². The van der Waals surface area contributed by atoms with Gasteiger partial charge in [-0.25, -0.2) is 4.98 Å². The molecule has 4 nitrogen and oxygen atoms in total. The van der Waals surface area contributed by atoms with Crippen LogP contribution in [-0.2, 0) is 17.8 Å². The largest absolute Gasteiger partial charge is 0.372 e. The van der Waals surface area contributed by atoms with Gasteiger partial charge in [0.2, 0.25) is 0 Å². The number of hydrogen-bond donors (Lipinski definition) is 0. The highest BCUT2D eigenvalue weighted by Crippen LogP contribution is 2.36. The summed E-state index contributed by atoms with van der Waals surface area (Å²) in [6, 6.07) is 8.19. The fraction of sp³-hybridized carbons (Fsp3) is 0.520. The van der Waals surface area contributed by atoms with Crippen molar-refractivity contribution in [2.45, 2.75) is 77.7 Å². The number of rotatable bonds is 8. The lowest BCUT2D eigenvalue weighted by molar-refractivity contribution is 0.00200. The molecule has 0 radical (unpaired) electrons. The quantitative estimate of drug-likeness (QED) is 0.220. The highest BCUT2D eigenvalue weighted by Gasteiger charge is 2.28. The molecular weight excluding hydrogens is 424 g/mol. The number of aromatic nitrogens is 2. The van der Waals surface area contributed by atoms with Gasteiger partial charge in [-0.05, 0) is 37.0 Å². The molecule has 31 heavy (non-hydrogen) atoms. The third-order valence-electron chi connectivity index (χ3n) is 5.98. The second-order valence-corrected chi connectivity index (χ2v) is 10.9. The van der Waals surface area contributed by atoms with E-state index in [1.165, 1.54) is 24.8 Å². The van der Waals surface area contributed by atoms with Crippen LogP contribution in [0.5, 0.6) is 0 Å². The third kappa shape index (κ3) is 4.76. The Balaban J connectivity index is 1.79. The molecule has 0 bridgehead atoms. The predicted octanol–water partition coefficient (Wildman–Crippen LogP) is 6.53. The lowest BCUT2D eigenvalue weighted by Crippen LogP contribution is -2.28. The van der Waals surface area contributed by atoms with Crippen molar-refractivity contribution in [3.63, 3.8) is 0 Å². The maximum absolute atomic E-state index is 13.9. The number of hydrogen-bond acceptors (Lipinski definition) is 5. The van der Waals surface area contributed by atoms with Gasteiger partial charge in [-0.3, -0.25) is 9.36 Å². The predicted molar refractivity (Wildman–Crippen MR) is 132 cm³/mol. The van der Waals surface area contributed by atoms with E-state index in [0.717, 1.165) is 50.1 Å². The molecule has 6 heteroatoms. The smallest absolute Gasteiger partial charge is 0.267 e. The van der Waals surface area contributed by atoms with Crippen LogP contribution in [-0.4, -0.2) is 21.4 Å². The van der Waals surface area contributed by atoms with Crippen molar-refractivity contribution in [1.29, 1.82) is 0 Å². The van der Waals surface area contributed by atoms with Crippen LogP contribution in [0.25, 0.3) is 15.9 Å². The molecule has 1 atom stereocenters. The highest BCUT2D eigenvalue weighted by atomic mass is 32.2. The van der Waals surface area contributed by atoms with Crippen molar-refractivity contribution in [3.8, 4) is 5.69 Å². The minimum Gasteiger partial charge on any atom is -0.372 e. The first-order valence-electron chi connectivity index (χ1n) is 11.4. The normalized spacial score (nSPS) is 16.2. The zero-order valence-electron chi connectivity index (χ0n) is 18.9. The van der Waals surface area contributed by atoms with Crippen LogP contribution in [0.1, 0.15) is 62.5 Å². The number of aryl methyl sites for hydroxylation is 1. The number of nitrogens with zero attached hydrogens (tertiary/aromatic N) is 2. The molecule has 0 fully saturated rings. The van der Waals surface area contributed by atoms with Gasteiger partial charge in [-0.15, -0.1) is 11.3 Å². The van der Waals surface area contributed by atoms with E-state index in [0.29, 0.717) is 12.5 Å². The summed E-state index contributed by atoms with van der Waals surface area (Å²) < 4.78 is 7.90. The molecule has 0 saturated carbocycles. The van der Waals surface area contributed by atoms with Gasteiger partial charge >= 0.3 is 0 Å². The molecule has 3 aromatic rings. The van der Waals surface area contributed by atoms with Crippen molar-refractivity contribution in [1.82, 2.24) is 9.55 Å². The minimum atomic E-state index is 0.0619. The highest BCUT2D eigenvalue weighted by molar-refractivity contribution is 7.99. The Kier molecular flexibility index (Phi) is 7.19. The summed E-state index contributed by atoms with van der Waals surface area (Å²) in [7, 11) is 0. The van der Waals surface area contributed by atoms with Crippen molar-refractivity contribution < 1.29 is 4.74 Å². The number of thioether (sulfide) groups is 1. The fourth-order valence-corrected chi connectivity index (χ4v) is 6.22. The number of ether oxygens (including phenoxy) is 1. The van der Waals surface area contributed by atoms with Crippen molar-refractivity contribution in [2.75, 3.05) is 5.75 Å². The Bertz CT molecular complexity index is 1100. The van der Waals surface area contributed by atoms with Gasteiger partial charge in [0, 0.05) is 17.1 Å². The lowest BCUT2D eigenvalue weighted by atomic mass is 9.96. The van der Waals surface area contributed by atoms with Crippen LogP contribution in [0, 0.1) is 12.8 Å². The second-order valence-electron chi connectivity index (χ2n) is 8.76. The van der Waals surface area contributed by atoms with Gasteiger partial charge in [-0.2, -0.15) is 0 Å². The van der Waals surface area contributed by atoms with E-state index in [4.69, 9.17) is 9.72 Å². The number of unbranched alkanes of at least 4 members (excludes halogenated alkanes) is 3. The molecule has 0 amide bonds. The van der Waals surface area contributed by atoms with Crippen LogP contribution in [0.2, 0.25) is 0 Å². The number of fused-ring (bicyclic) bond motifs is 3. The Morgan fingerprint density at radius 2 is 2.00 bits per heavy atom. The number of benzene rings is 1. The van der Waals surface area contributed by atoms with Crippen LogP contribution >= 0.6 is 23.1 Å².